The number of amides is 1. The number of nitro groups is 1. The number of aryl methyl sites for hydroxylation is 1. The molecule has 0 heterocycles. The van der Waals surface area contributed by atoms with Crippen LogP contribution in [0.1, 0.15) is 43.4 Å². The lowest BCUT2D eigenvalue weighted by molar-refractivity contribution is -0.384. The number of carbonyl (C=O) groups excluding carboxylic acids is 1. The van der Waals surface area contributed by atoms with Crippen LogP contribution in [0.2, 0.25) is 0 Å². The van der Waals surface area contributed by atoms with Crippen molar-refractivity contribution in [3.8, 4) is 0 Å². The van der Waals surface area contributed by atoms with Crippen LogP contribution in [-0.2, 0) is 21.2 Å². The summed E-state index contributed by atoms with van der Waals surface area (Å²) in [4.78, 5) is 23.7. The van der Waals surface area contributed by atoms with Crippen molar-refractivity contribution in [1.82, 2.24) is 5.32 Å². The molecular weight excluding hydrogens is 406 g/mol. The van der Waals surface area contributed by atoms with E-state index in [0.717, 1.165) is 35.4 Å². The van der Waals surface area contributed by atoms with Gasteiger partial charge in [-0.25, -0.2) is 8.42 Å². The van der Waals surface area contributed by atoms with E-state index in [1.54, 1.807) is 6.92 Å². The van der Waals surface area contributed by atoms with Crippen LogP contribution in [-0.4, -0.2) is 31.5 Å². The van der Waals surface area contributed by atoms with E-state index in [0.29, 0.717) is 0 Å². The van der Waals surface area contributed by atoms with Gasteiger partial charge in [-0.1, -0.05) is 37.3 Å². The second-order valence-electron chi connectivity index (χ2n) is 7.41. The van der Waals surface area contributed by atoms with E-state index in [2.05, 4.69) is 5.32 Å². The molecule has 0 unspecified atom stereocenters. The van der Waals surface area contributed by atoms with Crippen molar-refractivity contribution in [3.05, 3.63) is 69.8 Å². The second kappa shape index (κ2) is 8.83. The van der Waals surface area contributed by atoms with Crippen LogP contribution in [0.4, 0.5) is 11.4 Å². The molecule has 2 atom stereocenters. The van der Waals surface area contributed by atoms with Gasteiger partial charge in [0.05, 0.1) is 22.9 Å². The minimum Gasteiger partial charge on any atom is -0.347 e. The molecule has 0 fully saturated rings. The van der Waals surface area contributed by atoms with Crippen molar-refractivity contribution in [1.29, 1.82) is 0 Å². The first-order valence-electron chi connectivity index (χ1n) is 9.84. The number of hydrogen-bond donors (Lipinski definition) is 1. The molecule has 0 aliphatic heterocycles. The Balaban J connectivity index is 1.92. The number of sulfonamides is 1. The minimum absolute atomic E-state index is 0.0951. The Morgan fingerprint density at radius 3 is 2.67 bits per heavy atom. The van der Waals surface area contributed by atoms with Crippen LogP contribution < -0.4 is 9.62 Å². The highest BCUT2D eigenvalue weighted by Crippen LogP contribution is 2.31. The maximum atomic E-state index is 13.2. The van der Waals surface area contributed by atoms with Gasteiger partial charge in [0.15, 0.2) is 0 Å². The summed E-state index contributed by atoms with van der Waals surface area (Å²) >= 11 is 0. The Morgan fingerprint density at radius 1 is 1.27 bits per heavy atom. The van der Waals surface area contributed by atoms with Crippen LogP contribution in [0.3, 0.4) is 0 Å². The summed E-state index contributed by atoms with van der Waals surface area (Å²) in [7, 11) is -3.87. The van der Waals surface area contributed by atoms with Crippen LogP contribution in [0, 0.1) is 10.1 Å². The predicted molar refractivity (Wildman–Crippen MR) is 115 cm³/mol. The summed E-state index contributed by atoms with van der Waals surface area (Å²) < 4.78 is 26.1. The van der Waals surface area contributed by atoms with E-state index in [1.165, 1.54) is 29.8 Å². The van der Waals surface area contributed by atoms with E-state index in [4.69, 9.17) is 0 Å². The van der Waals surface area contributed by atoms with Gasteiger partial charge in [-0.05, 0) is 42.9 Å². The predicted octanol–water partition coefficient (Wildman–Crippen LogP) is 3.33. The molecule has 3 rings (SSSR count). The molecule has 2 aromatic rings. The number of anilines is 1. The maximum Gasteiger partial charge on any atom is 0.271 e. The number of fused-ring (bicyclic) bond motifs is 1. The lowest BCUT2D eigenvalue weighted by atomic mass is 9.87. The van der Waals surface area contributed by atoms with E-state index in [1.807, 2.05) is 24.3 Å². The molecule has 0 spiro atoms. The average Bonchev–Trinajstić information content (AvgIpc) is 2.71. The number of non-ortho nitro benzene ring substituents is 1. The third-order valence-electron chi connectivity index (χ3n) is 5.31. The Kier molecular flexibility index (Phi) is 6.40. The average molecular weight is 432 g/mol. The summed E-state index contributed by atoms with van der Waals surface area (Å²) in [5.74, 6) is -0.420. The van der Waals surface area contributed by atoms with Gasteiger partial charge in [0.25, 0.3) is 5.69 Å². The van der Waals surface area contributed by atoms with Crippen molar-refractivity contribution in [2.24, 2.45) is 0 Å². The molecule has 0 bridgehead atoms. The number of nitrogens with one attached hydrogen (secondary N) is 1. The van der Waals surface area contributed by atoms with Crippen molar-refractivity contribution >= 4 is 27.3 Å². The molecule has 0 radical (unpaired) electrons. The molecule has 1 aliphatic rings. The van der Waals surface area contributed by atoms with E-state index in [9.17, 15) is 23.3 Å². The van der Waals surface area contributed by atoms with Crippen molar-refractivity contribution in [3.63, 3.8) is 0 Å². The summed E-state index contributed by atoms with van der Waals surface area (Å²) in [5, 5.41) is 14.1. The molecule has 8 nitrogen and oxygen atoms in total. The highest BCUT2D eigenvalue weighted by atomic mass is 32.2. The van der Waals surface area contributed by atoms with Gasteiger partial charge in [-0.15, -0.1) is 0 Å². The van der Waals surface area contributed by atoms with Crippen LogP contribution in [0.15, 0.2) is 48.5 Å². The number of benzene rings is 2. The smallest absolute Gasteiger partial charge is 0.271 e. The normalized spacial score (nSPS) is 16.9. The van der Waals surface area contributed by atoms with Crippen LogP contribution >= 0.6 is 0 Å². The van der Waals surface area contributed by atoms with Crippen molar-refractivity contribution in [2.75, 3.05) is 10.6 Å². The first-order valence-corrected chi connectivity index (χ1v) is 11.7. The summed E-state index contributed by atoms with van der Waals surface area (Å²) in [6.45, 7) is 1.72. The van der Waals surface area contributed by atoms with Gasteiger partial charge in [0.1, 0.15) is 6.04 Å². The second-order valence-corrected chi connectivity index (χ2v) is 9.27. The first kappa shape index (κ1) is 21.8. The van der Waals surface area contributed by atoms with E-state index >= 15 is 0 Å². The number of carbonyl (C=O) groups is 1. The van der Waals surface area contributed by atoms with Gasteiger partial charge >= 0.3 is 0 Å². The summed E-state index contributed by atoms with van der Waals surface area (Å²) in [6, 6.07) is 12.0. The van der Waals surface area contributed by atoms with Crippen molar-refractivity contribution < 1.29 is 18.1 Å². The Labute approximate surface area is 176 Å². The summed E-state index contributed by atoms with van der Waals surface area (Å²) in [5.41, 5.74) is 2.09. The highest BCUT2D eigenvalue weighted by Gasteiger charge is 2.34. The quantitative estimate of drug-likeness (QED) is 0.534. The SMILES string of the molecule is CC[C@H](C(=O)N[C@@H]1CCCc2ccccc21)N(c1cccc([N+](=O)[O-])c1)S(C)(=O)=O. The fraction of sp³-hybridized carbons (Fsp3) is 0.381. The monoisotopic (exact) mass is 431 g/mol. The Hall–Kier alpha value is -2.94. The number of nitrogens with zero attached hydrogens (tertiary/aromatic N) is 2. The molecule has 1 aliphatic carbocycles. The lowest BCUT2D eigenvalue weighted by Crippen LogP contribution is -2.50. The van der Waals surface area contributed by atoms with E-state index < -0.39 is 26.9 Å². The minimum atomic E-state index is -3.87. The first-order chi connectivity index (χ1) is 14.2. The fourth-order valence-corrected chi connectivity index (χ4v) is 5.18. The topological polar surface area (TPSA) is 110 Å². The number of nitro benzene ring substituents is 1. The third kappa shape index (κ3) is 4.62. The molecule has 0 saturated carbocycles. The number of hydrogen-bond acceptors (Lipinski definition) is 5. The molecule has 1 N–H and O–H groups in total. The van der Waals surface area contributed by atoms with Gasteiger partial charge < -0.3 is 5.32 Å². The Bertz CT molecular complexity index is 1050. The zero-order valence-corrected chi connectivity index (χ0v) is 17.8. The molecule has 0 saturated heterocycles. The zero-order chi connectivity index (χ0) is 21.9. The largest absolute Gasteiger partial charge is 0.347 e. The van der Waals surface area contributed by atoms with Crippen molar-refractivity contribution in [2.45, 2.75) is 44.7 Å². The molecule has 30 heavy (non-hydrogen) atoms. The molecule has 160 valence electrons. The number of rotatable bonds is 7. The third-order valence-corrected chi connectivity index (χ3v) is 6.49. The molecule has 1 amide bonds. The van der Waals surface area contributed by atoms with Crippen LogP contribution in [0.25, 0.3) is 0 Å². The van der Waals surface area contributed by atoms with E-state index in [-0.39, 0.29) is 23.8 Å². The lowest BCUT2D eigenvalue weighted by Gasteiger charge is -2.33. The zero-order valence-electron chi connectivity index (χ0n) is 16.9. The molecule has 2 aromatic carbocycles. The molecule has 0 aromatic heterocycles. The maximum absolute atomic E-state index is 13.2. The van der Waals surface area contributed by atoms with Gasteiger partial charge in [-0.2, -0.15) is 0 Å². The fourth-order valence-electron chi connectivity index (χ4n) is 3.98. The van der Waals surface area contributed by atoms with Gasteiger partial charge in [0, 0.05) is 12.1 Å². The molecular formula is C21H25N3O5S. The Morgan fingerprint density at radius 2 is 2.00 bits per heavy atom. The molecule has 9 heteroatoms. The standard InChI is InChI=1S/C21H25N3O5S/c1-3-20(21(25)22-19-13-6-9-15-8-4-5-12-18(15)19)23(30(2,28)29)16-10-7-11-17(14-16)24(26)27/h4-5,7-8,10-12,14,19-20H,3,6,9,13H2,1-2H3,(H,22,25)/t19-,20-/m1/s1. The summed E-state index contributed by atoms with van der Waals surface area (Å²) in [6.07, 6.45) is 3.87. The van der Waals surface area contributed by atoms with Crippen LogP contribution in [0.5, 0.6) is 0 Å². The van der Waals surface area contributed by atoms with Gasteiger partial charge in [0.2, 0.25) is 15.9 Å². The highest BCUT2D eigenvalue weighted by molar-refractivity contribution is 7.92. The van der Waals surface area contributed by atoms with Gasteiger partial charge in [-0.3, -0.25) is 19.2 Å².